The molecule has 4 heteroatoms. The van der Waals surface area contributed by atoms with Crippen LogP contribution in [-0.2, 0) is 0 Å². The van der Waals surface area contributed by atoms with E-state index in [1.807, 2.05) is 0 Å². The predicted molar refractivity (Wildman–Crippen MR) is 39.5 cm³/mol. The fourth-order valence-corrected chi connectivity index (χ4v) is 0.702. The van der Waals surface area contributed by atoms with Gasteiger partial charge >= 0.3 is 0 Å². The van der Waals surface area contributed by atoms with Crippen LogP contribution in [0.2, 0.25) is 0 Å². The minimum absolute atomic E-state index is 0.501. The highest BCUT2D eigenvalue weighted by atomic mass is 16.3. The van der Waals surface area contributed by atoms with E-state index in [1.54, 1.807) is 0 Å². The van der Waals surface area contributed by atoms with Gasteiger partial charge in [-0.15, -0.1) is 9.81 Å². The quantitative estimate of drug-likeness (QED) is 0.424. The van der Waals surface area contributed by atoms with Gasteiger partial charge < -0.3 is 0 Å². The lowest BCUT2D eigenvalue weighted by atomic mass is 10.2. The average Bonchev–Trinajstić information content (AvgIpc) is 1.99. The molecule has 0 aromatic rings. The van der Waals surface area contributed by atoms with Gasteiger partial charge in [-0.05, 0) is 23.2 Å². The van der Waals surface area contributed by atoms with Crippen LogP contribution in [0.3, 0.4) is 0 Å². The summed E-state index contributed by atoms with van der Waals surface area (Å²) in [6.07, 6.45) is 2.61. The van der Waals surface area contributed by atoms with Crippen LogP contribution in [0.1, 0.15) is 32.6 Å². The van der Waals surface area contributed by atoms with Crippen LogP contribution in [0.25, 0.3) is 0 Å². The molecule has 10 heavy (non-hydrogen) atoms. The number of nitrogens with zero attached hydrogens (tertiary/aromatic N) is 2. The first-order chi connectivity index (χ1) is 4.85. The van der Waals surface area contributed by atoms with E-state index in [2.05, 4.69) is 17.3 Å². The Morgan fingerprint density at radius 2 is 1.80 bits per heavy atom. The molecular formula is C6H12N2O2. The second-order valence-electron chi connectivity index (χ2n) is 2.19. The molecule has 0 aliphatic rings. The molecule has 0 aliphatic heterocycles. The largest absolute Gasteiger partial charge is 0.222 e. The van der Waals surface area contributed by atoms with Crippen LogP contribution in [0.15, 0.2) is 10.4 Å². The van der Waals surface area contributed by atoms with Crippen molar-refractivity contribution in [2.75, 3.05) is 0 Å². The zero-order chi connectivity index (χ0) is 7.82. The fourth-order valence-electron chi connectivity index (χ4n) is 0.702. The summed E-state index contributed by atoms with van der Waals surface area (Å²) in [5.74, 6) is 0. The molecule has 0 aromatic carbocycles. The first-order valence-corrected chi connectivity index (χ1v) is 3.50. The molecule has 0 rings (SSSR count). The van der Waals surface area contributed by atoms with Gasteiger partial charge in [-0.25, -0.2) is 0 Å². The molecule has 0 atom stereocenters. The first kappa shape index (κ1) is 9.20. The number of unbranched alkanes of at least 4 members (excludes halogenated alkanes) is 2. The Bertz CT molecular complexity index is 97.9. The third-order valence-corrected chi connectivity index (χ3v) is 1.31. The third-order valence-electron chi connectivity index (χ3n) is 1.31. The van der Waals surface area contributed by atoms with E-state index in [9.17, 15) is 9.81 Å². The molecule has 0 bridgehead atoms. The summed E-state index contributed by atoms with van der Waals surface area (Å²) < 4.78 is 0. The van der Waals surface area contributed by atoms with Gasteiger partial charge in [0, 0.05) is 0 Å². The van der Waals surface area contributed by atoms with Gasteiger partial charge in [-0.3, -0.25) is 0 Å². The van der Waals surface area contributed by atoms with Gasteiger partial charge in [0.15, 0.2) is 0 Å². The van der Waals surface area contributed by atoms with Gasteiger partial charge in [0.2, 0.25) is 6.17 Å². The van der Waals surface area contributed by atoms with Gasteiger partial charge in [0.05, 0.1) is 0 Å². The molecule has 0 N–H and O–H groups in total. The minimum atomic E-state index is -0.855. The highest BCUT2D eigenvalue weighted by Gasteiger charge is 2.05. The van der Waals surface area contributed by atoms with Gasteiger partial charge in [-0.1, -0.05) is 19.8 Å². The van der Waals surface area contributed by atoms with Crippen molar-refractivity contribution in [3.8, 4) is 0 Å². The zero-order valence-electron chi connectivity index (χ0n) is 6.12. The highest BCUT2D eigenvalue weighted by Crippen LogP contribution is 2.06. The normalized spacial score (nSPS) is 9.80. The van der Waals surface area contributed by atoms with Crippen LogP contribution < -0.4 is 0 Å². The summed E-state index contributed by atoms with van der Waals surface area (Å²) in [5.41, 5.74) is 0. The Labute approximate surface area is 60.0 Å². The molecule has 0 heterocycles. The summed E-state index contributed by atoms with van der Waals surface area (Å²) in [7, 11) is 0. The highest BCUT2D eigenvalue weighted by molar-refractivity contribution is 4.60. The predicted octanol–water partition coefficient (Wildman–Crippen LogP) is 2.43. The Hall–Kier alpha value is -0.800. The number of nitroso groups, excluding NO2 is 2. The molecule has 0 saturated heterocycles. The van der Waals surface area contributed by atoms with Crippen LogP contribution in [0.4, 0.5) is 0 Å². The van der Waals surface area contributed by atoms with E-state index < -0.39 is 6.17 Å². The second kappa shape index (κ2) is 6.32. The fraction of sp³-hybridized carbons (Fsp3) is 1.00. The summed E-state index contributed by atoms with van der Waals surface area (Å²) in [6, 6.07) is 0. The molecule has 4 nitrogen and oxygen atoms in total. The van der Waals surface area contributed by atoms with Crippen molar-refractivity contribution in [1.29, 1.82) is 0 Å². The van der Waals surface area contributed by atoms with Crippen LogP contribution >= 0.6 is 0 Å². The topological polar surface area (TPSA) is 58.9 Å². The molecule has 0 saturated carbocycles. The smallest absolute Gasteiger partial charge is 0.148 e. The molecular weight excluding hydrogens is 132 g/mol. The van der Waals surface area contributed by atoms with E-state index in [0.717, 1.165) is 19.3 Å². The van der Waals surface area contributed by atoms with Crippen molar-refractivity contribution < 1.29 is 0 Å². The molecule has 0 aliphatic carbocycles. The van der Waals surface area contributed by atoms with Crippen LogP contribution in [-0.4, -0.2) is 6.17 Å². The molecule has 0 fully saturated rings. The van der Waals surface area contributed by atoms with Crippen molar-refractivity contribution in [3.05, 3.63) is 9.81 Å². The van der Waals surface area contributed by atoms with Gasteiger partial charge in [0.1, 0.15) is 0 Å². The molecule has 0 aromatic heterocycles. The molecule has 0 radical (unpaired) electrons. The maximum atomic E-state index is 9.79. The number of rotatable bonds is 6. The molecule has 58 valence electrons. The van der Waals surface area contributed by atoms with Gasteiger partial charge in [0.25, 0.3) is 0 Å². The Balaban J connectivity index is 3.25. The Morgan fingerprint density at radius 1 is 1.20 bits per heavy atom. The monoisotopic (exact) mass is 144 g/mol. The number of hydrogen-bond donors (Lipinski definition) is 0. The lowest BCUT2D eigenvalue weighted by molar-refractivity contribution is 0.573. The van der Waals surface area contributed by atoms with Gasteiger partial charge in [-0.2, -0.15) is 0 Å². The second-order valence-corrected chi connectivity index (χ2v) is 2.19. The number of hydrogen-bond acceptors (Lipinski definition) is 4. The molecule has 0 amide bonds. The summed E-state index contributed by atoms with van der Waals surface area (Å²) in [4.78, 5) is 19.6. The lowest BCUT2D eigenvalue weighted by Crippen LogP contribution is -1.96. The average molecular weight is 144 g/mol. The van der Waals surface area contributed by atoms with E-state index in [0.29, 0.717) is 6.42 Å². The Morgan fingerprint density at radius 3 is 2.20 bits per heavy atom. The Kier molecular flexibility index (Phi) is 5.82. The third kappa shape index (κ3) is 4.12. The van der Waals surface area contributed by atoms with E-state index in [-0.39, 0.29) is 0 Å². The standard InChI is InChI=1S/C6H12N2O2/c1-2-3-4-5-6(7-9)8-10/h6H,2-5H2,1H3. The summed E-state index contributed by atoms with van der Waals surface area (Å²) >= 11 is 0. The van der Waals surface area contributed by atoms with Crippen LogP contribution in [0.5, 0.6) is 0 Å². The minimum Gasteiger partial charge on any atom is -0.148 e. The maximum Gasteiger partial charge on any atom is 0.222 e. The first-order valence-electron chi connectivity index (χ1n) is 3.50. The van der Waals surface area contributed by atoms with Crippen molar-refractivity contribution in [2.45, 2.75) is 38.8 Å². The summed E-state index contributed by atoms with van der Waals surface area (Å²) in [5, 5.41) is 5.10. The molecule has 0 spiro atoms. The summed E-state index contributed by atoms with van der Waals surface area (Å²) in [6.45, 7) is 2.05. The maximum absolute atomic E-state index is 9.79. The SMILES string of the molecule is CCCCCC(N=O)N=O. The van der Waals surface area contributed by atoms with Crippen molar-refractivity contribution in [2.24, 2.45) is 10.4 Å². The van der Waals surface area contributed by atoms with Crippen molar-refractivity contribution >= 4 is 0 Å². The van der Waals surface area contributed by atoms with E-state index in [1.165, 1.54) is 0 Å². The van der Waals surface area contributed by atoms with Crippen molar-refractivity contribution in [1.82, 2.24) is 0 Å². The zero-order valence-corrected chi connectivity index (χ0v) is 6.12. The molecule has 0 unspecified atom stereocenters. The van der Waals surface area contributed by atoms with E-state index >= 15 is 0 Å². The van der Waals surface area contributed by atoms with Crippen LogP contribution in [0, 0.1) is 9.81 Å². The van der Waals surface area contributed by atoms with E-state index in [4.69, 9.17) is 0 Å². The lowest BCUT2D eigenvalue weighted by Gasteiger charge is -1.96. The van der Waals surface area contributed by atoms with Crippen molar-refractivity contribution in [3.63, 3.8) is 0 Å².